The third-order valence-corrected chi connectivity index (χ3v) is 4.07. The van der Waals surface area contributed by atoms with Gasteiger partial charge in [0.2, 0.25) is 0 Å². The van der Waals surface area contributed by atoms with E-state index in [0.29, 0.717) is 0 Å². The monoisotopic (exact) mass is 301 g/mol. The van der Waals surface area contributed by atoms with Crippen molar-refractivity contribution in [3.05, 3.63) is 51.2 Å². The number of hydrogen-bond acceptors (Lipinski definition) is 3. The van der Waals surface area contributed by atoms with Crippen LogP contribution in [0.5, 0.6) is 5.75 Å². The zero-order chi connectivity index (χ0) is 14.9. The predicted molar refractivity (Wildman–Crippen MR) is 72.9 cm³/mol. The fraction of sp³-hybridized carbons (Fsp3) is 0.286. The van der Waals surface area contributed by atoms with Gasteiger partial charge in [0.25, 0.3) is 0 Å². The number of rotatable bonds is 3. The van der Waals surface area contributed by atoms with Crippen LogP contribution in [0.15, 0.2) is 30.3 Å². The summed E-state index contributed by atoms with van der Waals surface area (Å²) in [6, 6.07) is 7.37. The van der Waals surface area contributed by atoms with Gasteiger partial charge in [-0.2, -0.15) is 0 Å². The average Bonchev–Trinajstić information content (AvgIpc) is 2.66. The van der Waals surface area contributed by atoms with Gasteiger partial charge in [0.15, 0.2) is 0 Å². The van der Waals surface area contributed by atoms with E-state index in [0.717, 1.165) is 20.9 Å². The van der Waals surface area contributed by atoms with Crippen molar-refractivity contribution >= 4 is 11.3 Å². The predicted octanol–water partition coefficient (Wildman–Crippen LogP) is 4.31. The van der Waals surface area contributed by atoms with Crippen molar-refractivity contribution in [1.29, 1.82) is 0 Å². The molecule has 0 aliphatic rings. The van der Waals surface area contributed by atoms with Crippen LogP contribution in [0.4, 0.5) is 13.2 Å². The molecule has 108 valence electrons. The molecule has 0 fully saturated rings. The van der Waals surface area contributed by atoms with E-state index in [1.807, 2.05) is 19.9 Å². The molecule has 0 aliphatic carbocycles. The number of thiophene rings is 1. The van der Waals surface area contributed by atoms with E-state index in [-0.39, 0.29) is 11.8 Å². The van der Waals surface area contributed by atoms with Crippen molar-refractivity contribution in [1.82, 2.24) is 0 Å². The quantitative estimate of drug-likeness (QED) is 0.916. The Labute approximate surface area is 119 Å². The van der Waals surface area contributed by atoms with Crippen LogP contribution in [0.2, 0.25) is 0 Å². The fourth-order valence-electron chi connectivity index (χ4n) is 2.00. The molecule has 1 heterocycles. The van der Waals surface area contributed by atoms with Crippen LogP contribution in [0.3, 0.4) is 0 Å². The first-order valence-electron chi connectivity index (χ1n) is 5.94. The van der Waals surface area contributed by atoms with Crippen LogP contribution in [-0.4, -0.2) is 6.36 Å². The lowest BCUT2D eigenvalue weighted by Gasteiger charge is -2.13. The van der Waals surface area contributed by atoms with Crippen LogP contribution in [0.1, 0.15) is 26.9 Å². The molecule has 0 bridgehead atoms. The van der Waals surface area contributed by atoms with E-state index >= 15 is 0 Å². The molecule has 1 aromatic heterocycles. The summed E-state index contributed by atoms with van der Waals surface area (Å²) >= 11 is 1.60. The molecule has 1 atom stereocenters. The summed E-state index contributed by atoms with van der Waals surface area (Å²) in [4.78, 5) is 2.18. The SMILES string of the molecule is Cc1cc(C)c(C(N)c2ccc(OC(F)(F)F)cc2)s1. The normalized spacial score (nSPS) is 13.3. The minimum Gasteiger partial charge on any atom is -0.406 e. The van der Waals surface area contributed by atoms with Gasteiger partial charge in [0, 0.05) is 9.75 Å². The highest BCUT2D eigenvalue weighted by Gasteiger charge is 2.31. The second-order valence-corrected chi connectivity index (χ2v) is 5.79. The minimum atomic E-state index is -4.68. The first-order chi connectivity index (χ1) is 9.26. The smallest absolute Gasteiger partial charge is 0.406 e. The number of hydrogen-bond donors (Lipinski definition) is 1. The van der Waals surface area contributed by atoms with Crippen molar-refractivity contribution < 1.29 is 17.9 Å². The molecule has 0 aliphatic heterocycles. The number of aryl methyl sites for hydroxylation is 2. The van der Waals surface area contributed by atoms with Crippen molar-refractivity contribution in [3.63, 3.8) is 0 Å². The lowest BCUT2D eigenvalue weighted by molar-refractivity contribution is -0.274. The molecule has 6 heteroatoms. The van der Waals surface area contributed by atoms with Crippen molar-refractivity contribution in [2.75, 3.05) is 0 Å². The number of alkyl halides is 3. The zero-order valence-electron chi connectivity index (χ0n) is 11.0. The van der Waals surface area contributed by atoms with E-state index in [2.05, 4.69) is 4.74 Å². The molecule has 0 radical (unpaired) electrons. The number of ether oxygens (including phenoxy) is 1. The van der Waals surface area contributed by atoms with Crippen LogP contribution >= 0.6 is 11.3 Å². The highest BCUT2D eigenvalue weighted by molar-refractivity contribution is 7.12. The lowest BCUT2D eigenvalue weighted by atomic mass is 10.0. The fourth-order valence-corrected chi connectivity index (χ4v) is 3.06. The molecule has 0 saturated heterocycles. The second-order valence-electron chi connectivity index (χ2n) is 4.50. The Morgan fingerprint density at radius 1 is 1.15 bits per heavy atom. The van der Waals surface area contributed by atoms with Crippen LogP contribution < -0.4 is 10.5 Å². The topological polar surface area (TPSA) is 35.2 Å². The highest BCUT2D eigenvalue weighted by atomic mass is 32.1. The van der Waals surface area contributed by atoms with E-state index in [1.54, 1.807) is 23.5 Å². The molecule has 0 spiro atoms. The Morgan fingerprint density at radius 3 is 2.20 bits per heavy atom. The van der Waals surface area contributed by atoms with Gasteiger partial charge in [0.1, 0.15) is 5.75 Å². The van der Waals surface area contributed by atoms with E-state index in [9.17, 15) is 13.2 Å². The summed E-state index contributed by atoms with van der Waals surface area (Å²) in [6.07, 6.45) is -4.68. The van der Waals surface area contributed by atoms with Crippen molar-refractivity contribution in [2.24, 2.45) is 5.73 Å². The largest absolute Gasteiger partial charge is 0.573 e. The summed E-state index contributed by atoms with van der Waals surface area (Å²) in [6.45, 7) is 3.97. The maximum absolute atomic E-state index is 12.1. The van der Waals surface area contributed by atoms with E-state index in [4.69, 9.17) is 5.73 Å². The summed E-state index contributed by atoms with van der Waals surface area (Å²) in [5.74, 6) is -0.243. The minimum absolute atomic E-state index is 0.243. The Hall–Kier alpha value is -1.53. The van der Waals surface area contributed by atoms with Gasteiger partial charge < -0.3 is 10.5 Å². The number of nitrogens with two attached hydrogens (primary N) is 1. The Morgan fingerprint density at radius 2 is 1.75 bits per heavy atom. The summed E-state index contributed by atoms with van der Waals surface area (Å²) in [5.41, 5.74) is 8.00. The Balaban J connectivity index is 2.19. The average molecular weight is 301 g/mol. The summed E-state index contributed by atoms with van der Waals surface area (Å²) in [7, 11) is 0. The van der Waals surface area contributed by atoms with Gasteiger partial charge in [-0.3, -0.25) is 0 Å². The molecule has 2 N–H and O–H groups in total. The molecule has 0 amide bonds. The van der Waals surface area contributed by atoms with Gasteiger partial charge in [-0.25, -0.2) is 0 Å². The third-order valence-electron chi connectivity index (χ3n) is 2.83. The zero-order valence-corrected chi connectivity index (χ0v) is 11.8. The molecule has 1 unspecified atom stereocenters. The molecule has 2 rings (SSSR count). The molecule has 2 aromatic rings. The van der Waals surface area contributed by atoms with E-state index < -0.39 is 6.36 Å². The van der Waals surface area contributed by atoms with Crippen molar-refractivity contribution in [2.45, 2.75) is 26.3 Å². The third kappa shape index (κ3) is 3.52. The highest BCUT2D eigenvalue weighted by Crippen LogP contribution is 2.31. The number of halogens is 3. The molecule has 20 heavy (non-hydrogen) atoms. The molecular weight excluding hydrogens is 287 g/mol. The van der Waals surface area contributed by atoms with Gasteiger partial charge >= 0.3 is 6.36 Å². The van der Waals surface area contributed by atoms with Crippen LogP contribution in [0.25, 0.3) is 0 Å². The van der Waals surface area contributed by atoms with E-state index in [1.165, 1.54) is 12.1 Å². The maximum Gasteiger partial charge on any atom is 0.573 e. The Kier molecular flexibility index (Phi) is 4.06. The van der Waals surface area contributed by atoms with Gasteiger partial charge in [0.05, 0.1) is 6.04 Å². The van der Waals surface area contributed by atoms with Crippen LogP contribution in [-0.2, 0) is 0 Å². The molecule has 0 saturated carbocycles. The molecular formula is C14H14F3NOS. The number of benzene rings is 1. The lowest BCUT2D eigenvalue weighted by Crippen LogP contribution is -2.17. The van der Waals surface area contributed by atoms with Crippen molar-refractivity contribution in [3.8, 4) is 5.75 Å². The molecule has 2 nitrogen and oxygen atoms in total. The standard InChI is InChI=1S/C14H14F3NOS/c1-8-7-9(2)20-13(8)12(18)10-3-5-11(6-4-10)19-14(15,16)17/h3-7,12H,18H2,1-2H3. The second kappa shape index (κ2) is 5.46. The van der Waals surface area contributed by atoms with Gasteiger partial charge in [-0.1, -0.05) is 12.1 Å². The van der Waals surface area contributed by atoms with Gasteiger partial charge in [-0.05, 0) is 43.2 Å². The maximum atomic E-state index is 12.1. The van der Waals surface area contributed by atoms with Gasteiger partial charge in [-0.15, -0.1) is 24.5 Å². The van der Waals surface area contributed by atoms with Crippen LogP contribution in [0, 0.1) is 13.8 Å². The first-order valence-corrected chi connectivity index (χ1v) is 6.76. The summed E-state index contributed by atoms with van der Waals surface area (Å²) < 4.78 is 40.1. The Bertz CT molecular complexity index is 589. The summed E-state index contributed by atoms with van der Waals surface area (Å²) in [5, 5.41) is 0. The molecule has 1 aromatic carbocycles. The first kappa shape index (κ1) is 14.9.